The average molecular weight is 385 g/mol. The fourth-order valence-electron chi connectivity index (χ4n) is 3.16. The Morgan fingerprint density at radius 3 is 2.81 bits per heavy atom. The normalized spacial score (nSPS) is 17.2. The highest BCUT2D eigenvalue weighted by molar-refractivity contribution is 9.10. The number of hydrogen-bond acceptors (Lipinski definition) is 2. The van der Waals surface area contributed by atoms with Gasteiger partial charge in [-0.25, -0.2) is 0 Å². The number of hydrogen-bond donors (Lipinski definition) is 1. The zero-order valence-corrected chi connectivity index (χ0v) is 15.0. The maximum Gasteiger partial charge on any atom is 0.0451 e. The summed E-state index contributed by atoms with van der Waals surface area (Å²) >= 11 is 11.7. The van der Waals surface area contributed by atoms with Gasteiger partial charge in [-0.3, -0.25) is 0 Å². The second-order valence-corrected chi connectivity index (χ2v) is 7.96. The van der Waals surface area contributed by atoms with E-state index in [2.05, 4.69) is 44.8 Å². The van der Waals surface area contributed by atoms with Gasteiger partial charge in [0.25, 0.3) is 0 Å². The molecule has 0 saturated heterocycles. The molecule has 1 unspecified atom stereocenters. The monoisotopic (exact) mass is 383 g/mol. The van der Waals surface area contributed by atoms with Crippen LogP contribution in [0.2, 0.25) is 5.02 Å². The molecule has 3 rings (SSSR count). The summed E-state index contributed by atoms with van der Waals surface area (Å²) in [4.78, 5) is 1.45. The molecule has 1 aromatic carbocycles. The third-order valence-corrected chi connectivity index (χ3v) is 6.06. The molecule has 1 aliphatic rings. The molecule has 112 valence electrons. The van der Waals surface area contributed by atoms with Crippen LogP contribution in [0.5, 0.6) is 0 Å². The van der Waals surface area contributed by atoms with Crippen LogP contribution in [0.4, 0.5) is 0 Å². The van der Waals surface area contributed by atoms with E-state index in [1.807, 2.05) is 23.5 Å². The van der Waals surface area contributed by atoms with Crippen molar-refractivity contribution in [3.05, 3.63) is 55.6 Å². The molecule has 1 aromatic heterocycles. The second-order valence-electron chi connectivity index (χ2n) is 5.65. The molecule has 1 aliphatic carbocycles. The van der Waals surface area contributed by atoms with Gasteiger partial charge in [0.15, 0.2) is 0 Å². The van der Waals surface area contributed by atoms with Crippen molar-refractivity contribution >= 4 is 38.9 Å². The van der Waals surface area contributed by atoms with Gasteiger partial charge in [0.1, 0.15) is 0 Å². The fraction of sp³-hybridized carbons (Fsp3) is 0.412. The molecular formula is C17H19BrClNS. The van der Waals surface area contributed by atoms with Crippen LogP contribution in [0.25, 0.3) is 0 Å². The summed E-state index contributed by atoms with van der Waals surface area (Å²) < 4.78 is 1.08. The van der Waals surface area contributed by atoms with E-state index < -0.39 is 0 Å². The molecule has 0 amide bonds. The van der Waals surface area contributed by atoms with Crippen LogP contribution >= 0.6 is 38.9 Å². The maximum atomic E-state index is 6.31. The SMILES string of the molecule is Clc1ccc(Br)cc1CNC(c1cccs1)C1CCCC1. The summed E-state index contributed by atoms with van der Waals surface area (Å²) in [6.45, 7) is 0.817. The Balaban J connectivity index is 1.74. The molecule has 1 nitrogen and oxygen atoms in total. The predicted molar refractivity (Wildman–Crippen MR) is 95.0 cm³/mol. The van der Waals surface area contributed by atoms with E-state index >= 15 is 0 Å². The number of halogens is 2. The van der Waals surface area contributed by atoms with Gasteiger partial charge in [-0.05, 0) is 54.0 Å². The van der Waals surface area contributed by atoms with E-state index in [0.29, 0.717) is 6.04 Å². The molecule has 0 spiro atoms. The van der Waals surface area contributed by atoms with Crippen molar-refractivity contribution in [2.75, 3.05) is 0 Å². The van der Waals surface area contributed by atoms with Gasteiger partial charge in [-0.2, -0.15) is 0 Å². The molecule has 0 aliphatic heterocycles. The number of thiophene rings is 1. The Morgan fingerprint density at radius 1 is 1.29 bits per heavy atom. The molecule has 21 heavy (non-hydrogen) atoms. The Morgan fingerprint density at radius 2 is 2.10 bits per heavy atom. The highest BCUT2D eigenvalue weighted by Gasteiger charge is 2.26. The highest BCUT2D eigenvalue weighted by Crippen LogP contribution is 2.37. The van der Waals surface area contributed by atoms with E-state index in [1.54, 1.807) is 0 Å². The van der Waals surface area contributed by atoms with Crippen molar-refractivity contribution < 1.29 is 0 Å². The topological polar surface area (TPSA) is 12.0 Å². The summed E-state index contributed by atoms with van der Waals surface area (Å²) in [5.41, 5.74) is 1.16. The molecule has 1 heterocycles. The van der Waals surface area contributed by atoms with E-state index in [9.17, 15) is 0 Å². The second kappa shape index (κ2) is 7.28. The van der Waals surface area contributed by atoms with Gasteiger partial charge < -0.3 is 5.32 Å². The Hall–Kier alpha value is -0.350. The van der Waals surface area contributed by atoms with Crippen molar-refractivity contribution in [3.63, 3.8) is 0 Å². The zero-order valence-electron chi connectivity index (χ0n) is 11.8. The van der Waals surface area contributed by atoms with E-state index in [-0.39, 0.29) is 0 Å². The van der Waals surface area contributed by atoms with Crippen LogP contribution in [0.15, 0.2) is 40.2 Å². The fourth-order valence-corrected chi connectivity index (χ4v) is 4.64. The molecule has 1 N–H and O–H groups in total. The minimum atomic E-state index is 0.461. The molecule has 1 saturated carbocycles. The van der Waals surface area contributed by atoms with E-state index in [0.717, 1.165) is 27.5 Å². The van der Waals surface area contributed by atoms with Gasteiger partial charge >= 0.3 is 0 Å². The third kappa shape index (κ3) is 3.89. The number of rotatable bonds is 5. The van der Waals surface area contributed by atoms with Crippen molar-refractivity contribution in [1.82, 2.24) is 5.32 Å². The van der Waals surface area contributed by atoms with Crippen LogP contribution in [0.1, 0.15) is 42.2 Å². The van der Waals surface area contributed by atoms with Gasteiger partial charge in [0.2, 0.25) is 0 Å². The Bertz CT molecular complexity index is 578. The summed E-state index contributed by atoms with van der Waals surface area (Å²) in [6, 6.07) is 10.9. The van der Waals surface area contributed by atoms with Crippen LogP contribution in [0.3, 0.4) is 0 Å². The quantitative estimate of drug-likeness (QED) is 0.648. The van der Waals surface area contributed by atoms with Crippen molar-refractivity contribution in [1.29, 1.82) is 0 Å². The van der Waals surface area contributed by atoms with Gasteiger partial charge in [0, 0.05) is 27.0 Å². The lowest BCUT2D eigenvalue weighted by Crippen LogP contribution is -2.26. The molecule has 1 atom stereocenters. The maximum absolute atomic E-state index is 6.31. The lowest BCUT2D eigenvalue weighted by Gasteiger charge is -2.24. The lowest BCUT2D eigenvalue weighted by atomic mass is 9.96. The largest absolute Gasteiger partial charge is 0.305 e. The van der Waals surface area contributed by atoms with Gasteiger partial charge in [0.05, 0.1) is 0 Å². The van der Waals surface area contributed by atoms with Crippen LogP contribution in [0, 0.1) is 5.92 Å². The smallest absolute Gasteiger partial charge is 0.0451 e. The van der Waals surface area contributed by atoms with Crippen LogP contribution in [-0.2, 0) is 6.54 Å². The summed E-state index contributed by atoms with van der Waals surface area (Å²) in [5.74, 6) is 0.759. The molecule has 0 bridgehead atoms. The summed E-state index contributed by atoms with van der Waals surface area (Å²) in [7, 11) is 0. The summed E-state index contributed by atoms with van der Waals surface area (Å²) in [6.07, 6.45) is 5.40. The Kier molecular flexibility index (Phi) is 5.38. The number of benzene rings is 1. The molecule has 1 fully saturated rings. The minimum absolute atomic E-state index is 0.461. The van der Waals surface area contributed by atoms with E-state index in [4.69, 9.17) is 11.6 Å². The first-order valence-electron chi connectivity index (χ1n) is 7.45. The first-order chi connectivity index (χ1) is 10.2. The molecule has 4 heteroatoms. The van der Waals surface area contributed by atoms with Crippen molar-refractivity contribution in [3.8, 4) is 0 Å². The van der Waals surface area contributed by atoms with Crippen molar-refractivity contribution in [2.24, 2.45) is 5.92 Å². The molecule has 0 radical (unpaired) electrons. The van der Waals surface area contributed by atoms with E-state index in [1.165, 1.54) is 30.6 Å². The lowest BCUT2D eigenvalue weighted by molar-refractivity contribution is 0.371. The first kappa shape index (κ1) is 15.5. The van der Waals surface area contributed by atoms with Gasteiger partial charge in [-0.15, -0.1) is 11.3 Å². The first-order valence-corrected chi connectivity index (χ1v) is 9.50. The molecule has 2 aromatic rings. The highest BCUT2D eigenvalue weighted by atomic mass is 79.9. The predicted octanol–water partition coefficient (Wildman–Crippen LogP) is 6.19. The minimum Gasteiger partial charge on any atom is -0.305 e. The van der Waals surface area contributed by atoms with Crippen LogP contribution in [-0.4, -0.2) is 0 Å². The third-order valence-electron chi connectivity index (χ3n) is 4.24. The number of nitrogens with one attached hydrogen (secondary N) is 1. The van der Waals surface area contributed by atoms with Gasteiger partial charge in [-0.1, -0.05) is 46.4 Å². The standard InChI is InChI=1S/C17H19BrClNS/c18-14-7-8-15(19)13(10-14)11-20-17(12-4-1-2-5-12)16-6-3-9-21-16/h3,6-10,12,17,20H,1-2,4-5,11H2. The zero-order chi connectivity index (χ0) is 14.7. The average Bonchev–Trinajstić information content (AvgIpc) is 3.16. The summed E-state index contributed by atoms with van der Waals surface area (Å²) in [5, 5.41) is 6.76. The van der Waals surface area contributed by atoms with Crippen molar-refractivity contribution in [2.45, 2.75) is 38.3 Å². The Labute approximate surface area is 143 Å². The van der Waals surface area contributed by atoms with Crippen LogP contribution < -0.4 is 5.32 Å². The molecular weight excluding hydrogens is 366 g/mol.